The van der Waals surface area contributed by atoms with Crippen molar-refractivity contribution in [3.63, 3.8) is 0 Å². The van der Waals surface area contributed by atoms with Gasteiger partial charge in [0.1, 0.15) is 5.92 Å². The van der Waals surface area contributed by atoms with E-state index >= 15 is 0 Å². The summed E-state index contributed by atoms with van der Waals surface area (Å²) < 4.78 is 10.8. The summed E-state index contributed by atoms with van der Waals surface area (Å²) in [5, 5.41) is 8.87. The van der Waals surface area contributed by atoms with Crippen molar-refractivity contribution in [3.05, 3.63) is 17.7 Å². The molecular weight excluding hydrogens is 244 g/mol. The Morgan fingerprint density at radius 1 is 1.37 bits per heavy atom. The third kappa shape index (κ3) is 2.43. The highest BCUT2D eigenvalue weighted by Gasteiger charge is 2.26. The number of carbonyl (C=O) groups excluding carboxylic acids is 1. The van der Waals surface area contributed by atoms with Crippen molar-refractivity contribution in [1.82, 2.24) is 0 Å². The van der Waals surface area contributed by atoms with Gasteiger partial charge in [-0.3, -0.25) is 9.79 Å². The lowest BCUT2D eigenvalue weighted by Crippen LogP contribution is -2.18. The van der Waals surface area contributed by atoms with Gasteiger partial charge in [0, 0.05) is 17.8 Å². The molecule has 0 aliphatic carbocycles. The molecule has 0 fully saturated rings. The van der Waals surface area contributed by atoms with E-state index in [0.29, 0.717) is 22.7 Å². The minimum Gasteiger partial charge on any atom is -0.493 e. The van der Waals surface area contributed by atoms with Crippen molar-refractivity contribution in [3.8, 4) is 17.6 Å². The maximum Gasteiger partial charge on any atom is 0.187 e. The number of methoxy groups -OCH3 is 1. The maximum atomic E-state index is 12.0. The number of ketones is 1. The van der Waals surface area contributed by atoms with Gasteiger partial charge in [-0.2, -0.15) is 5.26 Å². The van der Waals surface area contributed by atoms with E-state index in [4.69, 9.17) is 14.7 Å². The quantitative estimate of drug-likeness (QED) is 0.835. The minimum atomic E-state index is -0.825. The lowest BCUT2D eigenvalue weighted by molar-refractivity contribution is 0.0975. The molecular formula is C14H14N2O3. The summed E-state index contributed by atoms with van der Waals surface area (Å²) in [4.78, 5) is 16.2. The molecule has 1 aromatic carbocycles. The van der Waals surface area contributed by atoms with Crippen LogP contribution in [0.1, 0.15) is 24.2 Å². The highest BCUT2D eigenvalue weighted by Crippen LogP contribution is 2.38. The second-order valence-corrected chi connectivity index (χ2v) is 4.44. The largest absolute Gasteiger partial charge is 0.493 e. The lowest BCUT2D eigenvalue weighted by Gasteiger charge is -2.18. The van der Waals surface area contributed by atoms with Gasteiger partial charge in [-0.15, -0.1) is 0 Å². The average molecular weight is 258 g/mol. The van der Waals surface area contributed by atoms with Crippen molar-refractivity contribution in [2.24, 2.45) is 10.9 Å². The van der Waals surface area contributed by atoms with E-state index in [9.17, 15) is 4.79 Å². The Kier molecular flexibility index (Phi) is 3.52. The van der Waals surface area contributed by atoms with Crippen LogP contribution in [0.15, 0.2) is 17.1 Å². The van der Waals surface area contributed by atoms with Crippen LogP contribution in [-0.2, 0) is 0 Å². The standard InChI is InChI=1S/C14H14N2O3/c1-8(2)19-13-5-11-10(4-12(13)18-3)14(17)9(6-15)7-16-11/h4-5,7-9H,1-3H3/t9-/m1/s1. The first-order valence-corrected chi connectivity index (χ1v) is 5.93. The number of hydrogen-bond acceptors (Lipinski definition) is 5. The smallest absolute Gasteiger partial charge is 0.187 e. The zero-order chi connectivity index (χ0) is 14.0. The molecule has 0 saturated carbocycles. The van der Waals surface area contributed by atoms with Crippen LogP contribution in [0.4, 0.5) is 5.69 Å². The maximum absolute atomic E-state index is 12.0. The molecule has 0 bridgehead atoms. The van der Waals surface area contributed by atoms with E-state index < -0.39 is 5.92 Å². The Balaban J connectivity index is 2.50. The van der Waals surface area contributed by atoms with Crippen LogP contribution in [0, 0.1) is 17.2 Å². The molecule has 0 N–H and O–H groups in total. The molecule has 0 aromatic heterocycles. The molecule has 0 spiro atoms. The second kappa shape index (κ2) is 5.11. The van der Waals surface area contributed by atoms with Crippen LogP contribution >= 0.6 is 0 Å². The van der Waals surface area contributed by atoms with E-state index in [1.807, 2.05) is 19.9 Å². The van der Waals surface area contributed by atoms with Gasteiger partial charge in [-0.05, 0) is 19.9 Å². The van der Waals surface area contributed by atoms with Gasteiger partial charge in [0.2, 0.25) is 0 Å². The fourth-order valence-electron chi connectivity index (χ4n) is 1.84. The predicted octanol–water partition coefficient (Wildman–Crippen LogP) is 2.52. The topological polar surface area (TPSA) is 71.7 Å². The lowest BCUT2D eigenvalue weighted by atomic mass is 9.95. The third-order valence-electron chi connectivity index (χ3n) is 2.69. The molecule has 1 aromatic rings. The van der Waals surface area contributed by atoms with Crippen LogP contribution in [0.5, 0.6) is 11.5 Å². The Hall–Kier alpha value is -2.35. The van der Waals surface area contributed by atoms with Gasteiger partial charge in [0.05, 0.1) is 25.0 Å². The van der Waals surface area contributed by atoms with Crippen molar-refractivity contribution in [2.75, 3.05) is 7.11 Å². The summed E-state index contributed by atoms with van der Waals surface area (Å²) >= 11 is 0. The van der Waals surface area contributed by atoms with E-state index in [0.717, 1.165) is 0 Å². The summed E-state index contributed by atoms with van der Waals surface area (Å²) in [5.74, 6) is -0.0813. The van der Waals surface area contributed by atoms with Crippen LogP contribution < -0.4 is 9.47 Å². The number of aliphatic imine (C=N–C) groups is 1. The summed E-state index contributed by atoms with van der Waals surface area (Å²) in [6, 6.07) is 5.15. The van der Waals surface area contributed by atoms with Crippen molar-refractivity contribution in [1.29, 1.82) is 5.26 Å². The number of fused-ring (bicyclic) bond motifs is 1. The number of ether oxygens (including phenoxy) is 2. The molecule has 0 amide bonds. The van der Waals surface area contributed by atoms with Gasteiger partial charge >= 0.3 is 0 Å². The molecule has 1 atom stereocenters. The fourth-order valence-corrected chi connectivity index (χ4v) is 1.84. The SMILES string of the molecule is COc1cc2c(cc1OC(C)C)N=C[C@@H](C#N)C2=O. The Morgan fingerprint density at radius 3 is 2.68 bits per heavy atom. The van der Waals surface area contributed by atoms with E-state index in [1.165, 1.54) is 13.3 Å². The zero-order valence-electron chi connectivity index (χ0n) is 11.0. The van der Waals surface area contributed by atoms with Crippen molar-refractivity contribution < 1.29 is 14.3 Å². The zero-order valence-corrected chi connectivity index (χ0v) is 11.0. The first-order valence-electron chi connectivity index (χ1n) is 5.93. The molecule has 2 rings (SSSR count). The van der Waals surface area contributed by atoms with E-state index in [1.54, 1.807) is 12.1 Å². The number of nitriles is 1. The van der Waals surface area contributed by atoms with E-state index in [-0.39, 0.29) is 11.9 Å². The van der Waals surface area contributed by atoms with Gasteiger partial charge in [-0.1, -0.05) is 0 Å². The summed E-state index contributed by atoms with van der Waals surface area (Å²) in [6.45, 7) is 3.80. The van der Waals surface area contributed by atoms with Crippen molar-refractivity contribution in [2.45, 2.75) is 20.0 Å². The number of nitrogens with zero attached hydrogens (tertiary/aromatic N) is 2. The Morgan fingerprint density at radius 2 is 2.11 bits per heavy atom. The highest BCUT2D eigenvalue weighted by atomic mass is 16.5. The Bertz CT molecular complexity index is 585. The molecule has 0 unspecified atom stereocenters. The number of benzene rings is 1. The molecule has 0 saturated heterocycles. The number of rotatable bonds is 3. The van der Waals surface area contributed by atoms with Crippen molar-refractivity contribution >= 4 is 17.7 Å². The molecule has 1 heterocycles. The molecule has 5 heteroatoms. The molecule has 1 aliphatic heterocycles. The summed E-state index contributed by atoms with van der Waals surface area (Å²) in [7, 11) is 1.51. The first kappa shape index (κ1) is 13.1. The average Bonchev–Trinajstić information content (AvgIpc) is 2.38. The molecule has 1 aliphatic rings. The first-order chi connectivity index (χ1) is 9.06. The molecule has 98 valence electrons. The fraction of sp³-hybridized carbons (Fsp3) is 0.357. The molecule has 19 heavy (non-hydrogen) atoms. The van der Waals surface area contributed by atoms with Crippen LogP contribution in [-0.4, -0.2) is 25.2 Å². The van der Waals surface area contributed by atoms with Gasteiger partial charge < -0.3 is 9.47 Å². The third-order valence-corrected chi connectivity index (χ3v) is 2.69. The predicted molar refractivity (Wildman–Crippen MR) is 70.3 cm³/mol. The van der Waals surface area contributed by atoms with E-state index in [2.05, 4.69) is 4.99 Å². The highest BCUT2D eigenvalue weighted by molar-refractivity contribution is 6.14. The summed E-state index contributed by atoms with van der Waals surface area (Å²) in [5.41, 5.74) is 0.898. The van der Waals surface area contributed by atoms with Gasteiger partial charge in [-0.25, -0.2) is 0 Å². The number of Topliss-reactive ketones (excluding diaryl/α,β-unsaturated/α-hetero) is 1. The second-order valence-electron chi connectivity index (χ2n) is 4.44. The van der Waals surface area contributed by atoms with Crippen LogP contribution in [0.3, 0.4) is 0 Å². The normalized spacial score (nSPS) is 17.0. The van der Waals surface area contributed by atoms with Crippen LogP contribution in [0.2, 0.25) is 0 Å². The minimum absolute atomic E-state index is 0.0120. The number of hydrogen-bond donors (Lipinski definition) is 0. The monoisotopic (exact) mass is 258 g/mol. The summed E-state index contributed by atoms with van der Waals surface area (Å²) in [6.07, 6.45) is 1.35. The van der Waals surface area contributed by atoms with Crippen LogP contribution in [0.25, 0.3) is 0 Å². The Labute approximate surface area is 111 Å². The molecule has 5 nitrogen and oxygen atoms in total. The number of carbonyl (C=O) groups is 1. The molecule has 0 radical (unpaired) electrons. The van der Waals surface area contributed by atoms with Gasteiger partial charge in [0.25, 0.3) is 0 Å². The van der Waals surface area contributed by atoms with Gasteiger partial charge in [0.15, 0.2) is 17.3 Å².